The van der Waals surface area contributed by atoms with Crippen molar-refractivity contribution in [3.63, 3.8) is 0 Å². The van der Waals surface area contributed by atoms with Gasteiger partial charge in [-0.2, -0.15) is 0 Å². The maximum Gasteiger partial charge on any atom is 0.147 e. The highest BCUT2D eigenvalue weighted by atomic mass is 79.9. The van der Waals surface area contributed by atoms with Crippen LogP contribution in [0.5, 0.6) is 0 Å². The molecule has 0 amide bonds. The molecule has 16 heavy (non-hydrogen) atoms. The fourth-order valence-electron chi connectivity index (χ4n) is 1.41. The predicted octanol–water partition coefficient (Wildman–Crippen LogP) is 2.19. The van der Waals surface area contributed by atoms with E-state index in [1.54, 1.807) is 0 Å². The predicted molar refractivity (Wildman–Crippen MR) is 70.1 cm³/mol. The number of hydrogen-bond acceptors (Lipinski definition) is 3. The van der Waals surface area contributed by atoms with Gasteiger partial charge in [-0.25, -0.2) is 8.42 Å². The molecule has 0 spiro atoms. The Morgan fingerprint density at radius 1 is 1.44 bits per heavy atom. The highest BCUT2D eigenvalue weighted by molar-refractivity contribution is 9.10. The Morgan fingerprint density at radius 3 is 2.56 bits per heavy atom. The van der Waals surface area contributed by atoms with Crippen LogP contribution in [0.15, 0.2) is 22.7 Å². The molecule has 3 nitrogen and oxygen atoms in total. The summed E-state index contributed by atoms with van der Waals surface area (Å²) in [5, 5.41) is 0. The van der Waals surface area contributed by atoms with Crippen LogP contribution in [0.25, 0.3) is 0 Å². The minimum absolute atomic E-state index is 0.128. The van der Waals surface area contributed by atoms with Gasteiger partial charge in [0.25, 0.3) is 0 Å². The van der Waals surface area contributed by atoms with Crippen molar-refractivity contribution in [2.45, 2.75) is 19.4 Å². The number of halogens is 1. The molecule has 0 heterocycles. The number of benzene rings is 1. The van der Waals surface area contributed by atoms with E-state index in [0.29, 0.717) is 6.42 Å². The van der Waals surface area contributed by atoms with E-state index < -0.39 is 9.84 Å². The quantitative estimate of drug-likeness (QED) is 0.927. The lowest BCUT2D eigenvalue weighted by Gasteiger charge is -2.12. The van der Waals surface area contributed by atoms with Gasteiger partial charge >= 0.3 is 0 Å². The minimum Gasteiger partial charge on any atom is -0.324 e. The molecule has 0 aliphatic rings. The highest BCUT2D eigenvalue weighted by Gasteiger charge is 2.10. The van der Waals surface area contributed by atoms with Crippen molar-refractivity contribution in [2.24, 2.45) is 5.73 Å². The van der Waals surface area contributed by atoms with Crippen molar-refractivity contribution in [3.05, 3.63) is 33.8 Å². The number of nitrogens with two attached hydrogens (primary N) is 1. The van der Waals surface area contributed by atoms with Gasteiger partial charge in [-0.3, -0.25) is 0 Å². The molecule has 0 bridgehead atoms. The van der Waals surface area contributed by atoms with Gasteiger partial charge in [0.05, 0.1) is 5.75 Å². The lowest BCUT2D eigenvalue weighted by Crippen LogP contribution is -2.15. The summed E-state index contributed by atoms with van der Waals surface area (Å²) in [5.74, 6) is 0.128. The van der Waals surface area contributed by atoms with Crippen LogP contribution in [0.2, 0.25) is 0 Å². The summed E-state index contributed by atoms with van der Waals surface area (Å²) < 4.78 is 23.1. The minimum atomic E-state index is -2.93. The molecular formula is C11H16BrNO2S. The van der Waals surface area contributed by atoms with Crippen molar-refractivity contribution in [3.8, 4) is 0 Å². The number of sulfone groups is 1. The monoisotopic (exact) mass is 305 g/mol. The number of hydrogen-bond donors (Lipinski definition) is 1. The first-order valence-electron chi connectivity index (χ1n) is 4.99. The van der Waals surface area contributed by atoms with Crippen molar-refractivity contribution < 1.29 is 8.42 Å². The summed E-state index contributed by atoms with van der Waals surface area (Å²) >= 11 is 3.41. The third-order valence-electron chi connectivity index (χ3n) is 2.41. The average molecular weight is 306 g/mol. The van der Waals surface area contributed by atoms with Crippen LogP contribution < -0.4 is 5.73 Å². The Hall–Kier alpha value is -0.390. The summed E-state index contributed by atoms with van der Waals surface area (Å²) in [7, 11) is -2.93. The van der Waals surface area contributed by atoms with Gasteiger partial charge in [-0.05, 0) is 30.5 Å². The molecule has 0 radical (unpaired) electrons. The van der Waals surface area contributed by atoms with Crippen LogP contribution in [0.3, 0.4) is 0 Å². The molecule has 1 aromatic rings. The van der Waals surface area contributed by atoms with Crippen LogP contribution >= 0.6 is 15.9 Å². The fraction of sp³-hybridized carbons (Fsp3) is 0.455. The summed E-state index contributed by atoms with van der Waals surface area (Å²) in [6, 6.07) is 5.62. The maximum absolute atomic E-state index is 11.0. The van der Waals surface area contributed by atoms with Crippen LogP contribution in [0.4, 0.5) is 0 Å². The number of rotatable bonds is 4. The second-order valence-corrected chi connectivity index (χ2v) is 7.15. The smallest absolute Gasteiger partial charge is 0.147 e. The lowest BCUT2D eigenvalue weighted by atomic mass is 10.0. The fourth-order valence-corrected chi connectivity index (χ4v) is 2.33. The van der Waals surface area contributed by atoms with E-state index >= 15 is 0 Å². The van der Waals surface area contributed by atoms with E-state index in [-0.39, 0.29) is 11.8 Å². The molecule has 0 aliphatic heterocycles. The Balaban J connectivity index is 2.73. The second kappa shape index (κ2) is 5.29. The highest BCUT2D eigenvalue weighted by Crippen LogP contribution is 2.22. The van der Waals surface area contributed by atoms with Gasteiger partial charge in [0.15, 0.2) is 0 Å². The summed E-state index contributed by atoms with van der Waals surface area (Å²) in [5.41, 5.74) is 8.02. The first kappa shape index (κ1) is 13.7. The molecule has 0 aliphatic carbocycles. The number of aryl methyl sites for hydroxylation is 1. The van der Waals surface area contributed by atoms with E-state index in [2.05, 4.69) is 15.9 Å². The Bertz CT molecular complexity index is 471. The van der Waals surface area contributed by atoms with E-state index in [1.165, 1.54) is 6.26 Å². The van der Waals surface area contributed by atoms with Gasteiger partial charge < -0.3 is 5.73 Å². The molecule has 1 atom stereocenters. The Morgan fingerprint density at radius 2 is 2.06 bits per heavy atom. The molecule has 90 valence electrons. The normalized spacial score (nSPS) is 13.8. The summed E-state index contributed by atoms with van der Waals surface area (Å²) in [4.78, 5) is 0. The van der Waals surface area contributed by atoms with Gasteiger partial charge in [0.1, 0.15) is 9.84 Å². The molecule has 1 rings (SSSR count). The van der Waals surface area contributed by atoms with E-state index in [4.69, 9.17) is 5.73 Å². The summed E-state index contributed by atoms with van der Waals surface area (Å²) in [6.07, 6.45) is 1.69. The van der Waals surface area contributed by atoms with Gasteiger partial charge in [-0.15, -0.1) is 0 Å². The largest absolute Gasteiger partial charge is 0.324 e. The third-order valence-corrected chi connectivity index (χ3v) is 4.28. The van der Waals surface area contributed by atoms with Crippen LogP contribution in [-0.4, -0.2) is 20.4 Å². The van der Waals surface area contributed by atoms with Gasteiger partial charge in [0, 0.05) is 16.8 Å². The van der Waals surface area contributed by atoms with Crippen LogP contribution in [-0.2, 0) is 9.84 Å². The Kier molecular flexibility index (Phi) is 4.52. The second-order valence-electron chi connectivity index (χ2n) is 4.03. The average Bonchev–Trinajstić information content (AvgIpc) is 2.17. The molecular weight excluding hydrogens is 290 g/mol. The molecule has 5 heteroatoms. The van der Waals surface area contributed by atoms with Gasteiger partial charge in [-0.1, -0.05) is 28.1 Å². The van der Waals surface area contributed by atoms with Gasteiger partial charge in [0.2, 0.25) is 0 Å². The lowest BCUT2D eigenvalue weighted by molar-refractivity contribution is 0.591. The summed E-state index contributed by atoms with van der Waals surface area (Å²) in [6.45, 7) is 1.98. The van der Waals surface area contributed by atoms with Crippen molar-refractivity contribution >= 4 is 25.8 Å². The maximum atomic E-state index is 11.0. The zero-order valence-corrected chi connectivity index (χ0v) is 11.8. The van der Waals surface area contributed by atoms with E-state index in [0.717, 1.165) is 15.6 Å². The van der Waals surface area contributed by atoms with E-state index in [1.807, 2.05) is 25.1 Å². The topological polar surface area (TPSA) is 60.2 Å². The first-order valence-corrected chi connectivity index (χ1v) is 7.84. The molecule has 2 N–H and O–H groups in total. The van der Waals surface area contributed by atoms with Crippen LogP contribution in [0.1, 0.15) is 23.6 Å². The molecule has 0 saturated heterocycles. The van der Waals surface area contributed by atoms with E-state index in [9.17, 15) is 8.42 Å². The SMILES string of the molecule is Cc1cc(C(N)CCS(C)(=O)=O)ccc1Br. The standard InChI is InChI=1S/C11H16BrNO2S/c1-8-7-9(3-4-10(8)12)11(13)5-6-16(2,14)15/h3-4,7,11H,5-6,13H2,1-2H3. The van der Waals surface area contributed by atoms with Crippen molar-refractivity contribution in [1.29, 1.82) is 0 Å². The first-order chi connectivity index (χ1) is 7.29. The van der Waals surface area contributed by atoms with Crippen molar-refractivity contribution in [2.75, 3.05) is 12.0 Å². The molecule has 0 fully saturated rings. The third kappa shape index (κ3) is 4.23. The molecule has 1 unspecified atom stereocenters. The zero-order valence-electron chi connectivity index (χ0n) is 9.40. The molecule has 0 saturated carbocycles. The zero-order chi connectivity index (χ0) is 12.3. The molecule has 1 aromatic carbocycles. The van der Waals surface area contributed by atoms with Crippen molar-refractivity contribution in [1.82, 2.24) is 0 Å². The van der Waals surface area contributed by atoms with Crippen LogP contribution in [0, 0.1) is 6.92 Å². The molecule has 0 aromatic heterocycles. The Labute approximate surface area is 105 Å².